The van der Waals surface area contributed by atoms with Gasteiger partial charge in [-0.15, -0.1) is 0 Å². The molecule has 0 aliphatic carbocycles. The number of amides is 1. The summed E-state index contributed by atoms with van der Waals surface area (Å²) in [6, 6.07) is 5.53. The molecule has 0 atom stereocenters. The van der Waals surface area contributed by atoms with Gasteiger partial charge < -0.3 is 9.88 Å². The molecular formula is C13H14BrN3O. The molecule has 5 heteroatoms. The van der Waals surface area contributed by atoms with Crippen LogP contribution in [0, 0.1) is 6.92 Å². The van der Waals surface area contributed by atoms with E-state index < -0.39 is 0 Å². The number of anilines is 1. The average Bonchev–Trinajstić information content (AvgIpc) is 2.70. The van der Waals surface area contributed by atoms with Crippen LogP contribution in [-0.2, 0) is 6.54 Å². The molecule has 0 spiro atoms. The Morgan fingerprint density at radius 2 is 2.28 bits per heavy atom. The molecule has 1 amide bonds. The van der Waals surface area contributed by atoms with Gasteiger partial charge in [0.05, 0.1) is 0 Å². The molecular weight excluding hydrogens is 294 g/mol. The number of nitrogens with one attached hydrogen (secondary N) is 1. The fraction of sp³-hybridized carbons (Fsp3) is 0.231. The van der Waals surface area contributed by atoms with Crippen LogP contribution in [0.5, 0.6) is 0 Å². The number of hydrogen-bond donors (Lipinski definition) is 1. The summed E-state index contributed by atoms with van der Waals surface area (Å²) in [7, 11) is 0. The summed E-state index contributed by atoms with van der Waals surface area (Å²) in [4.78, 5) is 16.2. The summed E-state index contributed by atoms with van der Waals surface area (Å²) < 4.78 is 2.78. The molecule has 0 aliphatic heterocycles. The molecule has 1 N–H and O–H groups in total. The molecule has 2 aromatic heterocycles. The molecule has 0 saturated carbocycles. The van der Waals surface area contributed by atoms with E-state index in [-0.39, 0.29) is 5.91 Å². The fourth-order valence-corrected chi connectivity index (χ4v) is 2.18. The third-order valence-corrected chi connectivity index (χ3v) is 3.03. The van der Waals surface area contributed by atoms with E-state index in [2.05, 4.69) is 26.2 Å². The Bertz CT molecular complexity index is 577. The van der Waals surface area contributed by atoms with E-state index in [4.69, 9.17) is 0 Å². The summed E-state index contributed by atoms with van der Waals surface area (Å²) in [5, 5.41) is 2.80. The zero-order chi connectivity index (χ0) is 13.1. The van der Waals surface area contributed by atoms with Crippen molar-refractivity contribution in [1.29, 1.82) is 0 Å². The zero-order valence-electron chi connectivity index (χ0n) is 10.3. The SMILES string of the molecule is CCn1cc(Br)cc1C(=O)Nc1cc(C)ccn1. The molecule has 0 aliphatic rings. The van der Waals surface area contributed by atoms with E-state index in [0.29, 0.717) is 11.5 Å². The van der Waals surface area contributed by atoms with Crippen LogP contribution in [0.4, 0.5) is 5.82 Å². The topological polar surface area (TPSA) is 46.9 Å². The van der Waals surface area contributed by atoms with Gasteiger partial charge in [0, 0.05) is 23.4 Å². The fourth-order valence-electron chi connectivity index (χ4n) is 1.71. The van der Waals surface area contributed by atoms with Crippen LogP contribution in [-0.4, -0.2) is 15.5 Å². The van der Waals surface area contributed by atoms with Crippen molar-refractivity contribution in [2.75, 3.05) is 5.32 Å². The van der Waals surface area contributed by atoms with E-state index >= 15 is 0 Å². The van der Waals surface area contributed by atoms with Crippen molar-refractivity contribution in [2.24, 2.45) is 0 Å². The van der Waals surface area contributed by atoms with Crippen LogP contribution < -0.4 is 5.32 Å². The lowest BCUT2D eigenvalue weighted by molar-refractivity contribution is 0.101. The molecule has 0 aromatic carbocycles. The van der Waals surface area contributed by atoms with Crippen LogP contribution in [0.2, 0.25) is 0 Å². The van der Waals surface area contributed by atoms with Crippen molar-refractivity contribution in [2.45, 2.75) is 20.4 Å². The lowest BCUT2D eigenvalue weighted by Gasteiger charge is -2.07. The quantitative estimate of drug-likeness (QED) is 0.946. The molecule has 18 heavy (non-hydrogen) atoms. The van der Waals surface area contributed by atoms with E-state index in [1.807, 2.05) is 36.7 Å². The number of aryl methyl sites for hydroxylation is 2. The first-order valence-corrected chi connectivity index (χ1v) is 6.49. The Labute approximate surface area is 114 Å². The lowest BCUT2D eigenvalue weighted by Crippen LogP contribution is -2.17. The van der Waals surface area contributed by atoms with Gasteiger partial charge in [0.2, 0.25) is 0 Å². The summed E-state index contributed by atoms with van der Waals surface area (Å²) in [6.45, 7) is 4.70. The molecule has 0 radical (unpaired) electrons. The Balaban J connectivity index is 2.21. The minimum atomic E-state index is -0.152. The van der Waals surface area contributed by atoms with E-state index in [0.717, 1.165) is 16.6 Å². The van der Waals surface area contributed by atoms with Gasteiger partial charge in [-0.25, -0.2) is 4.98 Å². The van der Waals surface area contributed by atoms with Crippen LogP contribution in [0.1, 0.15) is 23.0 Å². The van der Waals surface area contributed by atoms with Gasteiger partial charge in [-0.2, -0.15) is 0 Å². The highest BCUT2D eigenvalue weighted by atomic mass is 79.9. The highest BCUT2D eigenvalue weighted by Crippen LogP contribution is 2.16. The maximum absolute atomic E-state index is 12.1. The van der Waals surface area contributed by atoms with Crippen molar-refractivity contribution < 1.29 is 4.79 Å². The predicted octanol–water partition coefficient (Wildman–Crippen LogP) is 3.23. The molecule has 0 unspecified atom stereocenters. The predicted molar refractivity (Wildman–Crippen MR) is 74.7 cm³/mol. The van der Waals surface area contributed by atoms with Crippen LogP contribution in [0.25, 0.3) is 0 Å². The van der Waals surface area contributed by atoms with Crippen molar-refractivity contribution in [1.82, 2.24) is 9.55 Å². The van der Waals surface area contributed by atoms with Crippen molar-refractivity contribution in [3.8, 4) is 0 Å². The Hall–Kier alpha value is -1.62. The monoisotopic (exact) mass is 307 g/mol. The lowest BCUT2D eigenvalue weighted by atomic mass is 10.3. The second kappa shape index (κ2) is 5.35. The van der Waals surface area contributed by atoms with Crippen molar-refractivity contribution in [3.05, 3.63) is 46.3 Å². The maximum Gasteiger partial charge on any atom is 0.273 e. The van der Waals surface area contributed by atoms with Gasteiger partial charge in [0.1, 0.15) is 11.5 Å². The number of nitrogens with zero attached hydrogens (tertiary/aromatic N) is 2. The zero-order valence-corrected chi connectivity index (χ0v) is 11.9. The summed E-state index contributed by atoms with van der Waals surface area (Å²) in [5.41, 5.74) is 1.68. The summed E-state index contributed by atoms with van der Waals surface area (Å²) >= 11 is 3.37. The standard InChI is InChI=1S/C13H14BrN3O/c1-3-17-8-10(14)7-11(17)13(18)16-12-6-9(2)4-5-15-12/h4-8H,3H2,1-2H3,(H,15,16,18). The molecule has 2 heterocycles. The average molecular weight is 308 g/mol. The van der Waals surface area contributed by atoms with Crippen LogP contribution in [0.15, 0.2) is 35.1 Å². The molecule has 0 bridgehead atoms. The normalized spacial score (nSPS) is 10.4. The number of halogens is 1. The van der Waals surface area contributed by atoms with Gasteiger partial charge in [0.15, 0.2) is 0 Å². The maximum atomic E-state index is 12.1. The number of carbonyl (C=O) groups is 1. The van der Waals surface area contributed by atoms with E-state index in [9.17, 15) is 4.79 Å². The first-order chi connectivity index (χ1) is 8.60. The summed E-state index contributed by atoms with van der Waals surface area (Å²) in [5.74, 6) is 0.417. The Morgan fingerprint density at radius 1 is 1.50 bits per heavy atom. The van der Waals surface area contributed by atoms with Gasteiger partial charge in [-0.1, -0.05) is 0 Å². The minimum Gasteiger partial charge on any atom is -0.343 e. The first kappa shape index (κ1) is 12.8. The molecule has 0 saturated heterocycles. The Kier molecular flexibility index (Phi) is 3.81. The molecule has 94 valence electrons. The molecule has 4 nitrogen and oxygen atoms in total. The number of carbonyl (C=O) groups excluding carboxylic acids is 1. The molecule has 0 fully saturated rings. The van der Waals surface area contributed by atoms with Gasteiger partial charge >= 0.3 is 0 Å². The molecule has 2 aromatic rings. The highest BCUT2D eigenvalue weighted by molar-refractivity contribution is 9.10. The van der Waals surface area contributed by atoms with Crippen molar-refractivity contribution in [3.63, 3.8) is 0 Å². The largest absolute Gasteiger partial charge is 0.343 e. The third kappa shape index (κ3) is 2.79. The minimum absolute atomic E-state index is 0.152. The second-order valence-electron chi connectivity index (χ2n) is 4.00. The van der Waals surface area contributed by atoms with Crippen LogP contribution >= 0.6 is 15.9 Å². The van der Waals surface area contributed by atoms with Gasteiger partial charge in [0.25, 0.3) is 5.91 Å². The second-order valence-corrected chi connectivity index (χ2v) is 4.92. The number of hydrogen-bond acceptors (Lipinski definition) is 2. The Morgan fingerprint density at radius 3 is 2.94 bits per heavy atom. The number of aromatic nitrogens is 2. The van der Waals surface area contributed by atoms with Crippen LogP contribution in [0.3, 0.4) is 0 Å². The number of rotatable bonds is 3. The summed E-state index contributed by atoms with van der Waals surface area (Å²) in [6.07, 6.45) is 3.57. The van der Waals surface area contributed by atoms with Gasteiger partial charge in [-0.3, -0.25) is 4.79 Å². The number of pyridine rings is 1. The first-order valence-electron chi connectivity index (χ1n) is 5.70. The van der Waals surface area contributed by atoms with E-state index in [1.54, 1.807) is 12.3 Å². The van der Waals surface area contributed by atoms with Gasteiger partial charge in [-0.05, 0) is 53.5 Å². The third-order valence-electron chi connectivity index (χ3n) is 2.59. The van der Waals surface area contributed by atoms with Crippen molar-refractivity contribution >= 4 is 27.7 Å². The molecule has 2 rings (SSSR count). The smallest absolute Gasteiger partial charge is 0.273 e. The van der Waals surface area contributed by atoms with E-state index in [1.165, 1.54) is 0 Å². The highest BCUT2D eigenvalue weighted by Gasteiger charge is 2.12.